The quantitative estimate of drug-likeness (QED) is 0.772. The first-order valence-electron chi connectivity index (χ1n) is 7.33. The van der Waals surface area contributed by atoms with E-state index in [0.29, 0.717) is 6.04 Å². The molecule has 1 aromatic carbocycles. The van der Waals surface area contributed by atoms with Crippen LogP contribution in [0.4, 0.5) is 0 Å². The first kappa shape index (κ1) is 12.7. The van der Waals surface area contributed by atoms with E-state index in [-0.39, 0.29) is 0 Å². The van der Waals surface area contributed by atoms with Gasteiger partial charge in [-0.25, -0.2) is 0 Å². The monoisotopic (exact) mass is 257 g/mol. The fraction of sp³-hybridized carbons (Fsp3) is 0.529. The lowest BCUT2D eigenvalue weighted by Gasteiger charge is -2.44. The van der Waals surface area contributed by atoms with Gasteiger partial charge in [0.15, 0.2) is 0 Å². The van der Waals surface area contributed by atoms with Crippen molar-refractivity contribution in [2.75, 3.05) is 20.2 Å². The molecular weight excluding hydrogens is 234 g/mol. The summed E-state index contributed by atoms with van der Waals surface area (Å²) in [4.78, 5) is 2.61. The Bertz CT molecular complexity index is 468. The van der Waals surface area contributed by atoms with E-state index in [1.54, 1.807) is 7.11 Å². The minimum atomic E-state index is 0.676. The van der Waals surface area contributed by atoms with Gasteiger partial charge < -0.3 is 4.74 Å². The predicted octanol–water partition coefficient (Wildman–Crippen LogP) is 3.06. The Balaban J connectivity index is 1.91. The van der Waals surface area contributed by atoms with Gasteiger partial charge in [-0.05, 0) is 55.3 Å². The Kier molecular flexibility index (Phi) is 3.61. The maximum absolute atomic E-state index is 5.55. The van der Waals surface area contributed by atoms with Gasteiger partial charge in [-0.2, -0.15) is 0 Å². The number of hydrogen-bond acceptors (Lipinski definition) is 2. The molecule has 1 fully saturated rings. The summed E-state index contributed by atoms with van der Waals surface area (Å²) < 4.78 is 5.55. The Morgan fingerprint density at radius 1 is 1.42 bits per heavy atom. The second-order valence-electron chi connectivity index (χ2n) is 5.76. The van der Waals surface area contributed by atoms with Crippen LogP contribution in [0.25, 0.3) is 0 Å². The minimum absolute atomic E-state index is 0.676. The molecule has 1 saturated heterocycles. The average molecular weight is 257 g/mol. The summed E-state index contributed by atoms with van der Waals surface area (Å²) in [6.45, 7) is 6.14. The molecule has 3 rings (SSSR count). The smallest absolute Gasteiger partial charge is 0.122 e. The van der Waals surface area contributed by atoms with E-state index < -0.39 is 0 Å². The van der Waals surface area contributed by atoms with Crippen molar-refractivity contribution in [2.24, 2.45) is 5.92 Å². The van der Waals surface area contributed by atoms with E-state index in [0.717, 1.165) is 24.6 Å². The summed E-state index contributed by atoms with van der Waals surface area (Å²) >= 11 is 0. The van der Waals surface area contributed by atoms with Crippen LogP contribution in [0.5, 0.6) is 5.75 Å². The number of methoxy groups -OCH3 is 1. The number of hydrogen-bond donors (Lipinski definition) is 0. The van der Waals surface area contributed by atoms with Crippen LogP contribution in [0.2, 0.25) is 0 Å². The molecule has 1 aromatic rings. The van der Waals surface area contributed by atoms with Gasteiger partial charge in [0.2, 0.25) is 0 Å². The zero-order valence-corrected chi connectivity index (χ0v) is 11.8. The molecule has 2 nitrogen and oxygen atoms in total. The van der Waals surface area contributed by atoms with Crippen molar-refractivity contribution in [1.82, 2.24) is 4.90 Å². The zero-order chi connectivity index (χ0) is 13.2. The van der Waals surface area contributed by atoms with Crippen molar-refractivity contribution in [1.29, 1.82) is 0 Å². The van der Waals surface area contributed by atoms with Crippen LogP contribution >= 0.6 is 0 Å². The maximum atomic E-state index is 5.55. The van der Waals surface area contributed by atoms with Crippen molar-refractivity contribution in [3.05, 3.63) is 42.0 Å². The molecule has 2 atom stereocenters. The summed E-state index contributed by atoms with van der Waals surface area (Å²) in [7, 11) is 1.78. The highest BCUT2D eigenvalue weighted by molar-refractivity contribution is 5.43. The summed E-state index contributed by atoms with van der Waals surface area (Å²) in [5.41, 5.74) is 2.93. The van der Waals surface area contributed by atoms with E-state index in [2.05, 4.69) is 29.7 Å². The topological polar surface area (TPSA) is 12.5 Å². The largest absolute Gasteiger partial charge is 0.496 e. The molecule has 2 heteroatoms. The Labute approximate surface area is 116 Å². The van der Waals surface area contributed by atoms with Gasteiger partial charge in [-0.1, -0.05) is 18.2 Å². The highest BCUT2D eigenvalue weighted by atomic mass is 16.5. The summed E-state index contributed by atoms with van der Waals surface area (Å²) in [5, 5.41) is 0. The first-order valence-corrected chi connectivity index (χ1v) is 7.33. The van der Waals surface area contributed by atoms with Crippen LogP contribution in [0, 0.1) is 5.92 Å². The SMILES string of the molecule is C=CCN1CCC[C@H]2Cc3cccc(OC)c3C[C@H]21. The third-order valence-electron chi connectivity index (χ3n) is 4.74. The van der Waals surface area contributed by atoms with Crippen molar-refractivity contribution >= 4 is 0 Å². The van der Waals surface area contributed by atoms with Crippen molar-refractivity contribution in [2.45, 2.75) is 31.7 Å². The number of rotatable bonds is 3. The lowest BCUT2D eigenvalue weighted by atomic mass is 9.75. The van der Waals surface area contributed by atoms with Crippen LogP contribution in [-0.2, 0) is 12.8 Å². The minimum Gasteiger partial charge on any atom is -0.496 e. The molecule has 0 amide bonds. The van der Waals surface area contributed by atoms with Crippen LogP contribution < -0.4 is 4.74 Å². The average Bonchev–Trinajstić information content (AvgIpc) is 2.45. The molecule has 0 bridgehead atoms. The third-order valence-corrected chi connectivity index (χ3v) is 4.74. The number of piperidine rings is 1. The van der Waals surface area contributed by atoms with Gasteiger partial charge in [0.05, 0.1) is 7.11 Å². The van der Waals surface area contributed by atoms with E-state index in [1.165, 1.54) is 36.9 Å². The number of fused-ring (bicyclic) bond motifs is 2. The number of ether oxygens (including phenoxy) is 1. The van der Waals surface area contributed by atoms with Crippen LogP contribution in [0.15, 0.2) is 30.9 Å². The van der Waals surface area contributed by atoms with Gasteiger partial charge in [0.25, 0.3) is 0 Å². The molecule has 0 spiro atoms. The number of benzene rings is 1. The Hall–Kier alpha value is -1.28. The second kappa shape index (κ2) is 5.38. The van der Waals surface area contributed by atoms with E-state index in [4.69, 9.17) is 4.74 Å². The molecule has 0 unspecified atom stereocenters. The van der Waals surface area contributed by atoms with E-state index >= 15 is 0 Å². The highest BCUT2D eigenvalue weighted by Crippen LogP contribution is 2.38. The molecule has 2 aliphatic rings. The van der Waals surface area contributed by atoms with Crippen molar-refractivity contribution < 1.29 is 4.74 Å². The number of nitrogens with zero attached hydrogens (tertiary/aromatic N) is 1. The molecule has 0 aromatic heterocycles. The van der Waals surface area contributed by atoms with Gasteiger partial charge >= 0.3 is 0 Å². The Morgan fingerprint density at radius 2 is 2.32 bits per heavy atom. The third kappa shape index (κ3) is 2.30. The molecule has 0 N–H and O–H groups in total. The maximum Gasteiger partial charge on any atom is 0.122 e. The zero-order valence-electron chi connectivity index (χ0n) is 11.8. The van der Waals surface area contributed by atoms with Crippen LogP contribution in [0.3, 0.4) is 0 Å². The van der Waals surface area contributed by atoms with Gasteiger partial charge in [-0.15, -0.1) is 6.58 Å². The standard InChI is InChI=1S/C17H23NO/c1-3-9-18-10-5-7-14-11-13-6-4-8-17(19-2)15(13)12-16(14)18/h3-4,6,8,14,16H,1,5,7,9-12H2,2H3/t14-,16+/m0/s1. The molecule has 102 valence electrons. The van der Waals surface area contributed by atoms with Gasteiger partial charge in [-0.3, -0.25) is 4.90 Å². The van der Waals surface area contributed by atoms with Crippen molar-refractivity contribution in [3.8, 4) is 5.75 Å². The first-order chi connectivity index (χ1) is 9.33. The second-order valence-corrected chi connectivity index (χ2v) is 5.76. The molecule has 1 heterocycles. The summed E-state index contributed by atoms with van der Waals surface area (Å²) in [6.07, 6.45) is 7.09. The highest BCUT2D eigenvalue weighted by Gasteiger charge is 2.35. The van der Waals surface area contributed by atoms with Crippen LogP contribution in [-0.4, -0.2) is 31.1 Å². The van der Waals surface area contributed by atoms with E-state index in [9.17, 15) is 0 Å². The molecule has 1 aliphatic heterocycles. The van der Waals surface area contributed by atoms with E-state index in [1.807, 2.05) is 6.08 Å². The summed E-state index contributed by atoms with van der Waals surface area (Å²) in [6, 6.07) is 7.18. The fourth-order valence-electron chi connectivity index (χ4n) is 3.86. The fourth-order valence-corrected chi connectivity index (χ4v) is 3.86. The molecule has 1 aliphatic carbocycles. The molecule has 19 heavy (non-hydrogen) atoms. The lowest BCUT2D eigenvalue weighted by Crippen LogP contribution is -2.49. The lowest BCUT2D eigenvalue weighted by molar-refractivity contribution is 0.0965. The molecule has 0 saturated carbocycles. The van der Waals surface area contributed by atoms with Gasteiger partial charge in [0, 0.05) is 12.6 Å². The van der Waals surface area contributed by atoms with Crippen molar-refractivity contribution in [3.63, 3.8) is 0 Å². The van der Waals surface area contributed by atoms with Crippen LogP contribution in [0.1, 0.15) is 24.0 Å². The number of likely N-dealkylation sites (tertiary alicyclic amines) is 1. The normalized spacial score (nSPS) is 26.4. The Morgan fingerprint density at radius 3 is 3.11 bits per heavy atom. The van der Waals surface area contributed by atoms with Gasteiger partial charge in [0.1, 0.15) is 5.75 Å². The molecular formula is C17H23NO. The predicted molar refractivity (Wildman–Crippen MR) is 78.7 cm³/mol. The molecule has 0 radical (unpaired) electrons. The summed E-state index contributed by atoms with van der Waals surface area (Å²) in [5.74, 6) is 1.88.